The number of anilines is 1. The summed E-state index contributed by atoms with van der Waals surface area (Å²) in [4.78, 5) is 15.7. The molecule has 1 heterocycles. The van der Waals surface area contributed by atoms with E-state index in [0.717, 1.165) is 17.8 Å². The fourth-order valence-corrected chi connectivity index (χ4v) is 3.38. The molecule has 0 aliphatic rings. The van der Waals surface area contributed by atoms with Crippen LogP contribution in [0.5, 0.6) is 0 Å². The zero-order valence-electron chi connectivity index (χ0n) is 10.2. The largest absolute Gasteiger partial charge is 0.320 e. The molecule has 0 saturated heterocycles. The Labute approximate surface area is 136 Å². The normalized spacial score (nSPS) is 10.4. The van der Waals surface area contributed by atoms with Crippen LogP contribution in [0.4, 0.5) is 10.1 Å². The molecule has 0 aliphatic carbocycles. The van der Waals surface area contributed by atoms with Gasteiger partial charge in [-0.1, -0.05) is 11.6 Å². The molecule has 0 spiro atoms. The summed E-state index contributed by atoms with van der Waals surface area (Å²) in [6.07, 6.45) is 0.955. The number of hydrogen-bond donors (Lipinski definition) is 1. The Morgan fingerprint density at radius 1 is 1.30 bits per heavy atom. The lowest BCUT2D eigenvalue weighted by Gasteiger charge is -2.11. The highest BCUT2D eigenvalue weighted by Crippen LogP contribution is 2.33. The lowest BCUT2D eigenvalue weighted by atomic mass is 10.2. The van der Waals surface area contributed by atoms with E-state index >= 15 is 0 Å². The van der Waals surface area contributed by atoms with Crippen LogP contribution in [0.1, 0.15) is 15.9 Å². The highest BCUT2D eigenvalue weighted by atomic mass is 79.9. The van der Waals surface area contributed by atoms with E-state index < -0.39 is 11.7 Å². The highest BCUT2D eigenvalue weighted by molar-refractivity contribution is 9.11. The molecule has 3 nitrogen and oxygen atoms in total. The van der Waals surface area contributed by atoms with Gasteiger partial charge in [0.2, 0.25) is 0 Å². The number of nitrogens with one attached hydrogen (secondary N) is 1. The van der Waals surface area contributed by atoms with Crippen LogP contribution in [0.2, 0.25) is 5.15 Å². The zero-order valence-corrected chi connectivity index (χ0v) is 14.1. The number of halogens is 4. The molecule has 0 unspecified atom stereocenters. The van der Waals surface area contributed by atoms with E-state index in [1.165, 1.54) is 0 Å². The van der Waals surface area contributed by atoms with Crippen molar-refractivity contribution in [2.24, 2.45) is 0 Å². The van der Waals surface area contributed by atoms with Crippen LogP contribution >= 0.6 is 43.5 Å². The predicted octanol–water partition coefficient (Wildman–Crippen LogP) is 4.96. The molecular formula is C13H8Br2ClFN2O. The van der Waals surface area contributed by atoms with Crippen molar-refractivity contribution in [2.45, 2.75) is 6.92 Å². The molecule has 1 aromatic carbocycles. The van der Waals surface area contributed by atoms with Gasteiger partial charge in [0.05, 0.1) is 17.4 Å². The molecule has 20 heavy (non-hydrogen) atoms. The minimum atomic E-state index is -0.624. The van der Waals surface area contributed by atoms with Gasteiger partial charge in [0, 0.05) is 8.95 Å². The SMILES string of the molecule is Cc1cc(Br)c(NC(=O)c2cc(F)cnc2Cl)c(Br)c1. The molecule has 0 fully saturated rings. The van der Waals surface area contributed by atoms with Crippen LogP contribution in [-0.4, -0.2) is 10.9 Å². The van der Waals surface area contributed by atoms with Gasteiger partial charge in [0.15, 0.2) is 0 Å². The average molecular weight is 422 g/mol. The summed E-state index contributed by atoms with van der Waals surface area (Å²) in [5.41, 5.74) is 1.54. The molecule has 104 valence electrons. The Balaban J connectivity index is 2.35. The first kappa shape index (κ1) is 15.4. The third-order valence-corrected chi connectivity index (χ3v) is 4.03. The van der Waals surface area contributed by atoms with Gasteiger partial charge in [0.1, 0.15) is 11.0 Å². The molecule has 0 radical (unpaired) electrons. The van der Waals surface area contributed by atoms with E-state index in [1.807, 2.05) is 19.1 Å². The number of pyridine rings is 1. The van der Waals surface area contributed by atoms with Gasteiger partial charge in [0.25, 0.3) is 5.91 Å². The molecule has 2 aromatic rings. The van der Waals surface area contributed by atoms with Gasteiger partial charge in [-0.25, -0.2) is 9.37 Å². The standard InChI is InChI=1S/C13H8Br2ClFN2O/c1-6-2-9(14)11(10(15)3-6)19-13(20)8-4-7(17)5-18-12(8)16/h2-5H,1H3,(H,19,20). The number of rotatable bonds is 2. The fraction of sp³-hybridized carbons (Fsp3) is 0.0769. The Morgan fingerprint density at radius 2 is 1.90 bits per heavy atom. The summed E-state index contributed by atoms with van der Waals surface area (Å²) in [6.45, 7) is 1.93. The molecule has 1 aromatic heterocycles. The molecule has 0 bridgehead atoms. The molecule has 1 N–H and O–H groups in total. The molecule has 1 amide bonds. The minimum absolute atomic E-state index is 0.0222. The van der Waals surface area contributed by atoms with Gasteiger partial charge >= 0.3 is 0 Å². The maximum Gasteiger partial charge on any atom is 0.258 e. The number of amides is 1. The monoisotopic (exact) mass is 420 g/mol. The molecule has 0 saturated carbocycles. The minimum Gasteiger partial charge on any atom is -0.320 e. The van der Waals surface area contributed by atoms with E-state index in [4.69, 9.17) is 11.6 Å². The summed E-state index contributed by atoms with van der Waals surface area (Å²) >= 11 is 12.5. The van der Waals surface area contributed by atoms with Crippen LogP contribution in [0.25, 0.3) is 0 Å². The Morgan fingerprint density at radius 3 is 2.50 bits per heavy atom. The second-order valence-electron chi connectivity index (χ2n) is 4.05. The van der Waals surface area contributed by atoms with Gasteiger partial charge in [-0.05, 0) is 62.5 Å². The summed E-state index contributed by atoms with van der Waals surface area (Å²) in [6, 6.07) is 4.75. The van der Waals surface area contributed by atoms with Crippen molar-refractivity contribution in [2.75, 3.05) is 5.32 Å². The summed E-state index contributed by atoms with van der Waals surface area (Å²) < 4.78 is 14.6. The topological polar surface area (TPSA) is 42.0 Å². The van der Waals surface area contributed by atoms with E-state index in [2.05, 4.69) is 42.2 Å². The predicted molar refractivity (Wildman–Crippen MR) is 83.7 cm³/mol. The maximum absolute atomic E-state index is 13.1. The molecule has 7 heteroatoms. The molecule has 0 atom stereocenters. The quantitative estimate of drug-likeness (QED) is 0.695. The number of nitrogens with zero attached hydrogens (tertiary/aromatic N) is 1. The zero-order chi connectivity index (χ0) is 14.9. The van der Waals surface area contributed by atoms with Crippen LogP contribution in [0.15, 0.2) is 33.3 Å². The van der Waals surface area contributed by atoms with Crippen molar-refractivity contribution in [3.63, 3.8) is 0 Å². The number of carbonyl (C=O) groups excluding carboxylic acids is 1. The van der Waals surface area contributed by atoms with Crippen LogP contribution in [0, 0.1) is 12.7 Å². The number of hydrogen-bond acceptors (Lipinski definition) is 2. The van der Waals surface area contributed by atoms with Crippen LogP contribution < -0.4 is 5.32 Å². The highest BCUT2D eigenvalue weighted by Gasteiger charge is 2.16. The average Bonchev–Trinajstić information content (AvgIpc) is 2.36. The molecule has 2 rings (SSSR count). The second-order valence-corrected chi connectivity index (χ2v) is 6.12. The smallest absolute Gasteiger partial charge is 0.258 e. The fourth-order valence-electron chi connectivity index (χ4n) is 1.58. The van der Waals surface area contributed by atoms with Crippen molar-refractivity contribution in [1.29, 1.82) is 0 Å². The Bertz CT molecular complexity index is 671. The van der Waals surface area contributed by atoms with Gasteiger partial charge < -0.3 is 5.32 Å². The van der Waals surface area contributed by atoms with Gasteiger partial charge in [-0.2, -0.15) is 0 Å². The Hall–Kier alpha value is -0.980. The lowest BCUT2D eigenvalue weighted by Crippen LogP contribution is -2.14. The van der Waals surface area contributed by atoms with E-state index in [9.17, 15) is 9.18 Å². The summed E-state index contributed by atoms with van der Waals surface area (Å²) in [7, 11) is 0. The maximum atomic E-state index is 13.1. The van der Waals surface area contributed by atoms with Gasteiger partial charge in [-0.15, -0.1) is 0 Å². The van der Waals surface area contributed by atoms with Crippen LogP contribution in [0.3, 0.4) is 0 Å². The van der Waals surface area contributed by atoms with Gasteiger partial charge in [-0.3, -0.25) is 4.79 Å². The van der Waals surface area contributed by atoms with Crippen molar-refractivity contribution < 1.29 is 9.18 Å². The third kappa shape index (κ3) is 3.37. The van der Waals surface area contributed by atoms with Crippen molar-refractivity contribution in [3.8, 4) is 0 Å². The first-order valence-electron chi connectivity index (χ1n) is 5.46. The van der Waals surface area contributed by atoms with Crippen molar-refractivity contribution >= 4 is 55.1 Å². The van der Waals surface area contributed by atoms with Crippen molar-refractivity contribution in [1.82, 2.24) is 4.98 Å². The second kappa shape index (κ2) is 6.20. The van der Waals surface area contributed by atoms with E-state index in [-0.39, 0.29) is 10.7 Å². The number of aromatic nitrogens is 1. The number of aryl methyl sites for hydroxylation is 1. The summed E-state index contributed by atoms with van der Waals surface area (Å²) in [5, 5.41) is 2.61. The first-order valence-corrected chi connectivity index (χ1v) is 7.43. The van der Waals surface area contributed by atoms with Crippen LogP contribution in [-0.2, 0) is 0 Å². The van der Waals surface area contributed by atoms with E-state index in [0.29, 0.717) is 14.6 Å². The summed E-state index contributed by atoms with van der Waals surface area (Å²) in [5.74, 6) is -1.16. The van der Waals surface area contributed by atoms with Crippen molar-refractivity contribution in [3.05, 3.63) is 55.4 Å². The number of benzene rings is 1. The lowest BCUT2D eigenvalue weighted by molar-refractivity contribution is 0.102. The molecular weight excluding hydrogens is 414 g/mol. The Kier molecular flexibility index (Phi) is 4.78. The third-order valence-electron chi connectivity index (χ3n) is 2.48. The number of carbonyl (C=O) groups is 1. The first-order chi connectivity index (χ1) is 9.38. The van der Waals surface area contributed by atoms with E-state index in [1.54, 1.807) is 0 Å². The molecule has 0 aliphatic heterocycles.